The molecule has 1 saturated heterocycles. The molecular weight excluding hydrogens is 264 g/mol. The maximum Gasteiger partial charge on any atom is 0.189 e. The van der Waals surface area contributed by atoms with Crippen LogP contribution in [0.1, 0.15) is 44.2 Å². The van der Waals surface area contributed by atoms with Crippen molar-refractivity contribution in [2.45, 2.75) is 46.3 Å². The zero-order valence-electron chi connectivity index (χ0n) is 13.2. The van der Waals surface area contributed by atoms with Crippen molar-refractivity contribution in [1.29, 1.82) is 0 Å². The van der Waals surface area contributed by atoms with Gasteiger partial charge in [0.25, 0.3) is 0 Å². The van der Waals surface area contributed by atoms with Gasteiger partial charge in [0.15, 0.2) is 6.79 Å². The molecule has 0 amide bonds. The lowest BCUT2D eigenvalue weighted by Gasteiger charge is -2.39. The summed E-state index contributed by atoms with van der Waals surface area (Å²) >= 11 is 0. The molecule has 21 heavy (non-hydrogen) atoms. The molecule has 4 nitrogen and oxygen atoms in total. The summed E-state index contributed by atoms with van der Waals surface area (Å²) in [7, 11) is 0. The van der Waals surface area contributed by atoms with Crippen LogP contribution in [0.25, 0.3) is 0 Å². The van der Waals surface area contributed by atoms with E-state index in [9.17, 15) is 0 Å². The highest BCUT2D eigenvalue weighted by atomic mass is 16.7. The second-order valence-corrected chi connectivity index (χ2v) is 6.72. The van der Waals surface area contributed by atoms with Gasteiger partial charge in [-0.25, -0.2) is 0 Å². The molecule has 4 heteroatoms. The number of fused-ring (bicyclic) bond motifs is 1. The Bertz CT molecular complexity index is 508. The second kappa shape index (κ2) is 5.85. The molecule has 0 bridgehead atoms. The molecule has 0 spiro atoms. The van der Waals surface area contributed by atoms with E-state index in [1.807, 2.05) is 6.07 Å². The predicted octanol–water partition coefficient (Wildman–Crippen LogP) is 3.15. The number of benzene rings is 1. The van der Waals surface area contributed by atoms with Gasteiger partial charge in [0, 0.05) is 23.4 Å². The minimum absolute atomic E-state index is 0.345. The highest BCUT2D eigenvalue weighted by Crippen LogP contribution is 2.36. The zero-order valence-corrected chi connectivity index (χ0v) is 13.2. The first-order valence-corrected chi connectivity index (χ1v) is 7.94. The Morgan fingerprint density at radius 3 is 2.76 bits per heavy atom. The monoisotopic (exact) mass is 290 g/mol. The van der Waals surface area contributed by atoms with E-state index in [1.54, 1.807) is 0 Å². The molecule has 0 aliphatic carbocycles. The summed E-state index contributed by atoms with van der Waals surface area (Å²) in [5.41, 5.74) is 9.62. The van der Waals surface area contributed by atoms with E-state index in [0.717, 1.165) is 36.6 Å². The van der Waals surface area contributed by atoms with E-state index in [2.05, 4.69) is 24.8 Å². The molecule has 1 aromatic rings. The topological polar surface area (TPSA) is 47.7 Å². The Labute approximate surface area is 127 Å². The van der Waals surface area contributed by atoms with Crippen LogP contribution in [0.2, 0.25) is 0 Å². The van der Waals surface area contributed by atoms with Crippen molar-refractivity contribution >= 4 is 5.69 Å². The van der Waals surface area contributed by atoms with E-state index < -0.39 is 0 Å². The van der Waals surface area contributed by atoms with Gasteiger partial charge in [0.05, 0.1) is 6.61 Å². The summed E-state index contributed by atoms with van der Waals surface area (Å²) in [5.74, 6) is 0.985. The smallest absolute Gasteiger partial charge is 0.189 e. The standard InChI is InChI=1S/C17H26N2O2/c1-3-17(2)4-6-19(7-5-17)10-13-8-15(18)9-14-11-20-12-21-16(13)14/h8-9H,3-7,10-12,18H2,1-2H3. The minimum Gasteiger partial charge on any atom is -0.467 e. The average molecular weight is 290 g/mol. The molecule has 1 aromatic carbocycles. The van der Waals surface area contributed by atoms with Crippen molar-refractivity contribution in [2.24, 2.45) is 5.41 Å². The molecule has 2 aliphatic heterocycles. The van der Waals surface area contributed by atoms with Gasteiger partial charge in [-0.1, -0.05) is 20.3 Å². The number of hydrogen-bond acceptors (Lipinski definition) is 4. The number of anilines is 1. The van der Waals surface area contributed by atoms with Crippen molar-refractivity contribution in [3.63, 3.8) is 0 Å². The number of piperidine rings is 1. The van der Waals surface area contributed by atoms with Crippen LogP contribution in [0.15, 0.2) is 12.1 Å². The van der Waals surface area contributed by atoms with Crippen LogP contribution in [0.3, 0.4) is 0 Å². The number of rotatable bonds is 3. The summed E-state index contributed by atoms with van der Waals surface area (Å²) in [4.78, 5) is 2.52. The summed E-state index contributed by atoms with van der Waals surface area (Å²) in [6.07, 6.45) is 3.82. The third-order valence-electron chi connectivity index (χ3n) is 5.12. The van der Waals surface area contributed by atoms with Crippen molar-refractivity contribution in [2.75, 3.05) is 25.6 Å². The van der Waals surface area contributed by atoms with E-state index in [4.69, 9.17) is 15.2 Å². The minimum atomic E-state index is 0.345. The third-order valence-corrected chi connectivity index (χ3v) is 5.12. The summed E-state index contributed by atoms with van der Waals surface area (Å²) in [5, 5.41) is 0. The summed E-state index contributed by atoms with van der Waals surface area (Å²) in [6.45, 7) is 8.89. The van der Waals surface area contributed by atoms with Gasteiger partial charge in [-0.05, 0) is 43.5 Å². The zero-order chi connectivity index (χ0) is 14.9. The Balaban J connectivity index is 1.72. The normalized spacial score (nSPS) is 21.6. The highest BCUT2D eigenvalue weighted by molar-refractivity contribution is 5.53. The lowest BCUT2D eigenvalue weighted by molar-refractivity contribution is -0.0176. The average Bonchev–Trinajstić information content (AvgIpc) is 2.49. The summed E-state index contributed by atoms with van der Waals surface area (Å²) in [6, 6.07) is 4.01. The van der Waals surface area contributed by atoms with Gasteiger partial charge in [-0.15, -0.1) is 0 Å². The van der Waals surface area contributed by atoms with Crippen LogP contribution in [-0.4, -0.2) is 24.8 Å². The number of likely N-dealkylation sites (tertiary alicyclic amines) is 1. The van der Waals surface area contributed by atoms with Gasteiger partial charge >= 0.3 is 0 Å². The van der Waals surface area contributed by atoms with Crippen molar-refractivity contribution in [1.82, 2.24) is 4.90 Å². The van der Waals surface area contributed by atoms with Crippen LogP contribution >= 0.6 is 0 Å². The van der Waals surface area contributed by atoms with Crippen LogP contribution in [0.4, 0.5) is 5.69 Å². The van der Waals surface area contributed by atoms with Crippen LogP contribution in [0.5, 0.6) is 5.75 Å². The number of nitrogens with zero attached hydrogens (tertiary/aromatic N) is 1. The highest BCUT2D eigenvalue weighted by Gasteiger charge is 2.29. The fraction of sp³-hybridized carbons (Fsp3) is 0.647. The maximum atomic E-state index is 6.02. The predicted molar refractivity (Wildman–Crippen MR) is 84.0 cm³/mol. The van der Waals surface area contributed by atoms with E-state index >= 15 is 0 Å². The first-order valence-electron chi connectivity index (χ1n) is 7.94. The molecule has 0 aromatic heterocycles. The summed E-state index contributed by atoms with van der Waals surface area (Å²) < 4.78 is 11.1. The van der Waals surface area contributed by atoms with Gasteiger partial charge in [0.2, 0.25) is 0 Å². The Kier molecular flexibility index (Phi) is 4.09. The van der Waals surface area contributed by atoms with Crippen LogP contribution in [0, 0.1) is 5.41 Å². The van der Waals surface area contributed by atoms with Gasteiger partial charge < -0.3 is 15.2 Å². The number of nitrogens with two attached hydrogens (primary N) is 1. The Morgan fingerprint density at radius 1 is 1.29 bits per heavy atom. The lowest BCUT2D eigenvalue weighted by atomic mass is 9.78. The molecule has 116 valence electrons. The van der Waals surface area contributed by atoms with E-state index in [0.29, 0.717) is 18.8 Å². The maximum absolute atomic E-state index is 6.02. The van der Waals surface area contributed by atoms with Crippen molar-refractivity contribution in [3.05, 3.63) is 23.3 Å². The molecule has 2 aliphatic rings. The first-order chi connectivity index (χ1) is 10.1. The Morgan fingerprint density at radius 2 is 2.05 bits per heavy atom. The second-order valence-electron chi connectivity index (χ2n) is 6.72. The molecule has 0 saturated carbocycles. The molecular formula is C17H26N2O2. The van der Waals surface area contributed by atoms with Crippen molar-refractivity contribution in [3.8, 4) is 5.75 Å². The SMILES string of the molecule is CCC1(C)CCN(Cc2cc(N)cc3c2OCOC3)CC1. The Hall–Kier alpha value is -1.26. The largest absolute Gasteiger partial charge is 0.467 e. The van der Waals surface area contributed by atoms with Gasteiger partial charge in [-0.2, -0.15) is 0 Å². The fourth-order valence-electron chi connectivity index (χ4n) is 3.29. The van der Waals surface area contributed by atoms with Gasteiger partial charge in [0.1, 0.15) is 5.75 Å². The third kappa shape index (κ3) is 3.16. The van der Waals surface area contributed by atoms with Crippen LogP contribution in [-0.2, 0) is 17.9 Å². The van der Waals surface area contributed by atoms with Crippen LogP contribution < -0.4 is 10.5 Å². The number of ether oxygens (including phenoxy) is 2. The van der Waals surface area contributed by atoms with E-state index in [-0.39, 0.29) is 0 Å². The number of hydrogen-bond donors (Lipinski definition) is 1. The molecule has 0 radical (unpaired) electrons. The molecule has 2 N–H and O–H groups in total. The molecule has 0 unspecified atom stereocenters. The quantitative estimate of drug-likeness (QED) is 0.869. The molecule has 1 fully saturated rings. The lowest BCUT2D eigenvalue weighted by Crippen LogP contribution is -2.38. The number of nitrogen functional groups attached to an aromatic ring is 1. The first kappa shape index (κ1) is 14.7. The molecule has 3 rings (SSSR count). The van der Waals surface area contributed by atoms with Crippen molar-refractivity contribution < 1.29 is 9.47 Å². The fourth-order valence-corrected chi connectivity index (χ4v) is 3.29. The van der Waals surface area contributed by atoms with Gasteiger partial charge in [-0.3, -0.25) is 4.90 Å². The molecule has 2 heterocycles. The van der Waals surface area contributed by atoms with E-state index in [1.165, 1.54) is 24.8 Å². The molecule has 0 atom stereocenters.